The number of nitrogens with one attached hydrogen (secondary N) is 1. The van der Waals surface area contributed by atoms with Crippen LogP contribution in [0.3, 0.4) is 0 Å². The van der Waals surface area contributed by atoms with Crippen LogP contribution in [0.15, 0.2) is 30.3 Å². The number of hydrogen-bond donors (Lipinski definition) is 2. The summed E-state index contributed by atoms with van der Waals surface area (Å²) in [5, 5.41) is 2.92. The molecule has 1 aromatic carbocycles. The minimum Gasteiger partial charge on any atom is -0.355 e. The number of thioether (sulfide) groups is 1. The first-order valence-corrected chi connectivity index (χ1v) is 7.51. The number of rotatable bonds is 8. The van der Waals surface area contributed by atoms with Crippen LogP contribution in [0, 0.1) is 0 Å². The fourth-order valence-corrected chi connectivity index (χ4v) is 2.41. The normalized spacial score (nSPS) is 12.1. The fraction of sp³-hybridized carbons (Fsp3) is 0.500. The molecule has 1 atom stereocenters. The van der Waals surface area contributed by atoms with Crippen LogP contribution in [0.5, 0.6) is 0 Å². The van der Waals surface area contributed by atoms with Crippen molar-refractivity contribution >= 4 is 17.7 Å². The highest BCUT2D eigenvalue weighted by atomic mass is 32.2. The number of nitrogens with two attached hydrogens (primary N) is 1. The van der Waals surface area contributed by atoms with Gasteiger partial charge in [-0.3, -0.25) is 4.79 Å². The van der Waals surface area contributed by atoms with Crippen LogP contribution in [-0.2, 0) is 11.2 Å². The smallest absolute Gasteiger partial charge is 0.230 e. The Bertz CT molecular complexity index is 343. The molecule has 0 saturated carbocycles. The summed E-state index contributed by atoms with van der Waals surface area (Å²) in [4.78, 5) is 11.5. The lowest BCUT2D eigenvalue weighted by molar-refractivity contribution is -0.118. The summed E-state index contributed by atoms with van der Waals surface area (Å²) in [6.45, 7) is 2.76. The highest BCUT2D eigenvalue weighted by Gasteiger charge is 2.03. The molecule has 0 saturated heterocycles. The van der Waals surface area contributed by atoms with Gasteiger partial charge < -0.3 is 11.1 Å². The Morgan fingerprint density at radius 1 is 1.39 bits per heavy atom. The van der Waals surface area contributed by atoms with E-state index in [2.05, 4.69) is 24.4 Å². The lowest BCUT2D eigenvalue weighted by Crippen LogP contribution is -2.28. The molecule has 0 bridgehead atoms. The third-order valence-electron chi connectivity index (χ3n) is 2.67. The number of hydrogen-bond acceptors (Lipinski definition) is 3. The zero-order valence-corrected chi connectivity index (χ0v) is 11.7. The second kappa shape index (κ2) is 9.00. The molecular weight excluding hydrogens is 244 g/mol. The van der Waals surface area contributed by atoms with Crippen LogP contribution in [0.4, 0.5) is 0 Å². The Balaban J connectivity index is 2.07. The van der Waals surface area contributed by atoms with Crippen molar-refractivity contribution in [1.82, 2.24) is 5.32 Å². The molecule has 0 aliphatic carbocycles. The van der Waals surface area contributed by atoms with Gasteiger partial charge in [-0.05, 0) is 18.4 Å². The zero-order valence-electron chi connectivity index (χ0n) is 10.9. The second-order valence-corrected chi connectivity index (χ2v) is 5.30. The Labute approximate surface area is 114 Å². The lowest BCUT2D eigenvalue weighted by Gasteiger charge is -2.08. The van der Waals surface area contributed by atoms with Crippen LogP contribution >= 0.6 is 11.8 Å². The van der Waals surface area contributed by atoms with E-state index in [9.17, 15) is 4.79 Å². The molecule has 0 radical (unpaired) electrons. The first-order valence-electron chi connectivity index (χ1n) is 6.36. The van der Waals surface area contributed by atoms with Gasteiger partial charge >= 0.3 is 0 Å². The highest BCUT2D eigenvalue weighted by molar-refractivity contribution is 7.99. The maximum Gasteiger partial charge on any atom is 0.230 e. The number of benzene rings is 1. The molecule has 0 heterocycles. The Kier molecular flexibility index (Phi) is 7.53. The van der Waals surface area contributed by atoms with E-state index in [1.165, 1.54) is 5.56 Å². The fourth-order valence-electron chi connectivity index (χ4n) is 1.46. The third kappa shape index (κ3) is 6.67. The van der Waals surface area contributed by atoms with Gasteiger partial charge in [0, 0.05) is 18.3 Å². The van der Waals surface area contributed by atoms with Crippen molar-refractivity contribution in [3.8, 4) is 0 Å². The molecule has 100 valence electrons. The van der Waals surface area contributed by atoms with Crippen LogP contribution in [0.25, 0.3) is 0 Å². The molecule has 0 aliphatic rings. The second-order valence-electron chi connectivity index (χ2n) is 4.27. The van der Waals surface area contributed by atoms with E-state index in [1.807, 2.05) is 18.2 Å². The number of carbonyl (C=O) groups excluding carboxylic acids is 1. The monoisotopic (exact) mass is 266 g/mol. The van der Waals surface area contributed by atoms with E-state index in [0.29, 0.717) is 12.3 Å². The maximum atomic E-state index is 11.5. The standard InChI is InChI=1S/C14H22N2OS/c1-2-13(15)10-18-11-14(17)16-9-8-12-6-4-3-5-7-12/h3-7,13H,2,8-11,15H2,1H3,(H,16,17). The van der Waals surface area contributed by atoms with Crippen molar-refractivity contribution < 1.29 is 4.79 Å². The average molecular weight is 266 g/mol. The van der Waals surface area contributed by atoms with Gasteiger partial charge in [0.2, 0.25) is 5.91 Å². The molecule has 0 aliphatic heterocycles. The minimum absolute atomic E-state index is 0.0965. The van der Waals surface area contributed by atoms with Gasteiger partial charge in [0.05, 0.1) is 5.75 Å². The lowest BCUT2D eigenvalue weighted by atomic mass is 10.1. The van der Waals surface area contributed by atoms with Gasteiger partial charge in [0.25, 0.3) is 0 Å². The molecule has 0 fully saturated rings. The SMILES string of the molecule is CCC(N)CSCC(=O)NCCc1ccccc1. The summed E-state index contributed by atoms with van der Waals surface area (Å²) in [6, 6.07) is 10.4. The van der Waals surface area contributed by atoms with Crippen molar-refractivity contribution in [3.63, 3.8) is 0 Å². The minimum atomic E-state index is 0.0965. The van der Waals surface area contributed by atoms with Crippen LogP contribution < -0.4 is 11.1 Å². The predicted octanol–water partition coefficient (Wildman–Crippen LogP) is 1.82. The number of carbonyl (C=O) groups is 1. The van der Waals surface area contributed by atoms with E-state index in [0.717, 1.165) is 18.6 Å². The van der Waals surface area contributed by atoms with Gasteiger partial charge in [-0.15, -0.1) is 0 Å². The van der Waals surface area contributed by atoms with Crippen LogP contribution in [0.1, 0.15) is 18.9 Å². The number of amides is 1. The highest BCUT2D eigenvalue weighted by Crippen LogP contribution is 2.03. The van der Waals surface area contributed by atoms with Gasteiger partial charge in [-0.1, -0.05) is 37.3 Å². The van der Waals surface area contributed by atoms with E-state index >= 15 is 0 Å². The first kappa shape index (κ1) is 15.1. The molecule has 18 heavy (non-hydrogen) atoms. The largest absolute Gasteiger partial charge is 0.355 e. The average Bonchev–Trinajstić information content (AvgIpc) is 2.39. The zero-order chi connectivity index (χ0) is 13.2. The molecular formula is C14H22N2OS. The quantitative estimate of drug-likeness (QED) is 0.754. The molecule has 1 amide bonds. The van der Waals surface area contributed by atoms with Crippen LogP contribution in [-0.4, -0.2) is 30.0 Å². The third-order valence-corrected chi connectivity index (χ3v) is 3.80. The predicted molar refractivity (Wildman–Crippen MR) is 78.7 cm³/mol. The summed E-state index contributed by atoms with van der Waals surface area (Å²) in [5.41, 5.74) is 7.03. The van der Waals surface area contributed by atoms with Gasteiger partial charge in [0.15, 0.2) is 0 Å². The summed E-state index contributed by atoms with van der Waals surface area (Å²) in [7, 11) is 0. The molecule has 1 aromatic rings. The van der Waals surface area contributed by atoms with Crippen molar-refractivity contribution in [2.24, 2.45) is 5.73 Å². The van der Waals surface area contributed by atoms with Gasteiger partial charge in [-0.2, -0.15) is 11.8 Å². The van der Waals surface area contributed by atoms with Crippen molar-refractivity contribution in [1.29, 1.82) is 0 Å². The molecule has 1 rings (SSSR count). The maximum absolute atomic E-state index is 11.5. The summed E-state index contributed by atoms with van der Waals surface area (Å²) >= 11 is 1.60. The molecule has 1 unspecified atom stereocenters. The Morgan fingerprint density at radius 3 is 2.78 bits per heavy atom. The molecule has 4 heteroatoms. The van der Waals surface area contributed by atoms with Crippen molar-refractivity contribution in [3.05, 3.63) is 35.9 Å². The molecule has 3 N–H and O–H groups in total. The van der Waals surface area contributed by atoms with E-state index < -0.39 is 0 Å². The van der Waals surface area contributed by atoms with Crippen molar-refractivity contribution in [2.45, 2.75) is 25.8 Å². The van der Waals surface area contributed by atoms with E-state index in [-0.39, 0.29) is 11.9 Å². The van der Waals surface area contributed by atoms with Crippen molar-refractivity contribution in [2.75, 3.05) is 18.1 Å². The van der Waals surface area contributed by atoms with E-state index in [4.69, 9.17) is 5.73 Å². The Hall–Kier alpha value is -1.00. The molecule has 0 spiro atoms. The van der Waals surface area contributed by atoms with E-state index in [1.54, 1.807) is 11.8 Å². The molecule has 0 aromatic heterocycles. The van der Waals surface area contributed by atoms with Crippen LogP contribution in [0.2, 0.25) is 0 Å². The summed E-state index contributed by atoms with van der Waals surface area (Å²) < 4.78 is 0. The first-order chi connectivity index (χ1) is 8.72. The van der Waals surface area contributed by atoms with Gasteiger partial charge in [-0.25, -0.2) is 0 Å². The topological polar surface area (TPSA) is 55.1 Å². The Morgan fingerprint density at radius 2 is 2.11 bits per heavy atom. The summed E-state index contributed by atoms with van der Waals surface area (Å²) in [6.07, 6.45) is 1.84. The summed E-state index contributed by atoms with van der Waals surface area (Å²) in [5.74, 6) is 1.45. The van der Waals surface area contributed by atoms with Gasteiger partial charge in [0.1, 0.15) is 0 Å². The molecule has 3 nitrogen and oxygen atoms in total.